The molecule has 1 rings (SSSR count). The summed E-state index contributed by atoms with van der Waals surface area (Å²) >= 11 is 0. The normalized spacial score (nSPS) is 11.1. The van der Waals surface area contributed by atoms with Crippen molar-refractivity contribution in [2.24, 2.45) is 0 Å². The standard InChI is InChI=1S/C11H14F3N3O/c1-7(18)16-4-5-17-10-3-2-8(6-9(10)15)11(12,13)14/h2-3,6,17H,4-5,15H2,1H3,(H,16,18). The first-order chi connectivity index (χ1) is 8.30. The number of alkyl halides is 3. The Morgan fingerprint density at radius 2 is 2.00 bits per heavy atom. The molecule has 0 heterocycles. The van der Waals surface area contributed by atoms with Crippen molar-refractivity contribution in [1.82, 2.24) is 5.32 Å². The fourth-order valence-corrected chi connectivity index (χ4v) is 1.34. The highest BCUT2D eigenvalue weighted by molar-refractivity contribution is 5.73. The van der Waals surface area contributed by atoms with E-state index in [1.807, 2.05) is 0 Å². The van der Waals surface area contributed by atoms with Crippen LogP contribution < -0.4 is 16.4 Å². The molecule has 0 spiro atoms. The summed E-state index contributed by atoms with van der Waals surface area (Å²) in [6.45, 7) is 2.14. The van der Waals surface area contributed by atoms with Crippen LogP contribution in [0.4, 0.5) is 24.5 Å². The molecule has 1 aromatic carbocycles. The van der Waals surface area contributed by atoms with Gasteiger partial charge in [-0.15, -0.1) is 0 Å². The van der Waals surface area contributed by atoms with Crippen LogP contribution in [0.25, 0.3) is 0 Å². The van der Waals surface area contributed by atoms with Crippen LogP contribution in [-0.4, -0.2) is 19.0 Å². The van der Waals surface area contributed by atoms with E-state index in [9.17, 15) is 18.0 Å². The molecular formula is C11H14F3N3O. The fourth-order valence-electron chi connectivity index (χ4n) is 1.34. The third kappa shape index (κ3) is 4.15. The summed E-state index contributed by atoms with van der Waals surface area (Å²) in [4.78, 5) is 10.6. The summed E-state index contributed by atoms with van der Waals surface area (Å²) in [6, 6.07) is 3.10. The van der Waals surface area contributed by atoms with Crippen LogP contribution in [0.1, 0.15) is 12.5 Å². The number of hydrogen-bond donors (Lipinski definition) is 3. The van der Waals surface area contributed by atoms with Gasteiger partial charge in [0, 0.05) is 20.0 Å². The highest BCUT2D eigenvalue weighted by Crippen LogP contribution is 2.32. The minimum atomic E-state index is -4.40. The Labute approximate surface area is 102 Å². The van der Waals surface area contributed by atoms with E-state index in [1.54, 1.807) is 0 Å². The molecule has 0 saturated heterocycles. The molecule has 0 radical (unpaired) electrons. The van der Waals surface area contributed by atoms with Gasteiger partial charge in [-0.3, -0.25) is 4.79 Å². The van der Waals surface area contributed by atoms with Gasteiger partial charge in [-0.1, -0.05) is 0 Å². The van der Waals surface area contributed by atoms with Crippen molar-refractivity contribution in [1.29, 1.82) is 0 Å². The largest absolute Gasteiger partial charge is 0.416 e. The maximum Gasteiger partial charge on any atom is 0.416 e. The molecule has 4 N–H and O–H groups in total. The van der Waals surface area contributed by atoms with Crippen LogP contribution in [0.15, 0.2) is 18.2 Å². The minimum Gasteiger partial charge on any atom is -0.397 e. The first-order valence-corrected chi connectivity index (χ1v) is 5.25. The Balaban J connectivity index is 2.60. The van der Waals surface area contributed by atoms with Gasteiger partial charge in [0.25, 0.3) is 0 Å². The lowest BCUT2D eigenvalue weighted by Crippen LogP contribution is -2.26. The van der Waals surface area contributed by atoms with E-state index >= 15 is 0 Å². The topological polar surface area (TPSA) is 67.2 Å². The highest BCUT2D eigenvalue weighted by atomic mass is 19.4. The average molecular weight is 261 g/mol. The smallest absolute Gasteiger partial charge is 0.397 e. The van der Waals surface area contributed by atoms with E-state index in [0.717, 1.165) is 12.1 Å². The second-order valence-electron chi connectivity index (χ2n) is 3.71. The number of hydrogen-bond acceptors (Lipinski definition) is 3. The van der Waals surface area contributed by atoms with Crippen LogP contribution in [0.2, 0.25) is 0 Å². The molecule has 0 fully saturated rings. The van der Waals surface area contributed by atoms with Crippen molar-refractivity contribution < 1.29 is 18.0 Å². The van der Waals surface area contributed by atoms with Gasteiger partial charge >= 0.3 is 6.18 Å². The molecule has 0 atom stereocenters. The maximum atomic E-state index is 12.4. The summed E-state index contributed by atoms with van der Waals surface area (Å²) in [7, 11) is 0. The monoisotopic (exact) mass is 261 g/mol. The molecule has 4 nitrogen and oxygen atoms in total. The summed E-state index contributed by atoms with van der Waals surface area (Å²) in [5, 5.41) is 5.39. The number of carbonyl (C=O) groups excluding carboxylic acids is 1. The number of anilines is 2. The number of amides is 1. The molecule has 0 unspecified atom stereocenters. The Morgan fingerprint density at radius 3 is 2.50 bits per heavy atom. The molecule has 0 aliphatic carbocycles. The number of carbonyl (C=O) groups is 1. The predicted molar refractivity (Wildman–Crippen MR) is 63.0 cm³/mol. The van der Waals surface area contributed by atoms with Crippen molar-refractivity contribution in [3.8, 4) is 0 Å². The molecule has 1 amide bonds. The molecule has 0 aliphatic rings. The van der Waals surface area contributed by atoms with Gasteiger partial charge in [0.2, 0.25) is 5.91 Å². The lowest BCUT2D eigenvalue weighted by Gasteiger charge is -2.12. The average Bonchev–Trinajstić information content (AvgIpc) is 2.24. The lowest BCUT2D eigenvalue weighted by molar-refractivity contribution is -0.137. The van der Waals surface area contributed by atoms with Crippen LogP contribution in [0, 0.1) is 0 Å². The lowest BCUT2D eigenvalue weighted by atomic mass is 10.1. The predicted octanol–water partition coefficient (Wildman–Crippen LogP) is 1.84. The number of rotatable bonds is 4. The van der Waals surface area contributed by atoms with Crippen molar-refractivity contribution in [2.75, 3.05) is 24.1 Å². The van der Waals surface area contributed by atoms with E-state index in [0.29, 0.717) is 18.8 Å². The Hall–Kier alpha value is -1.92. The van der Waals surface area contributed by atoms with E-state index in [1.165, 1.54) is 13.0 Å². The summed E-state index contributed by atoms with van der Waals surface area (Å²) in [5.74, 6) is -0.169. The van der Waals surface area contributed by atoms with Crippen molar-refractivity contribution in [3.05, 3.63) is 23.8 Å². The third-order valence-electron chi connectivity index (χ3n) is 2.19. The molecule has 1 aromatic rings. The van der Waals surface area contributed by atoms with E-state index in [2.05, 4.69) is 10.6 Å². The molecule has 100 valence electrons. The summed E-state index contributed by atoms with van der Waals surface area (Å²) < 4.78 is 37.1. The van der Waals surface area contributed by atoms with E-state index in [-0.39, 0.29) is 11.6 Å². The van der Waals surface area contributed by atoms with Gasteiger partial charge in [-0.2, -0.15) is 13.2 Å². The molecule has 0 saturated carbocycles. The van der Waals surface area contributed by atoms with Crippen LogP contribution in [-0.2, 0) is 11.0 Å². The Morgan fingerprint density at radius 1 is 1.33 bits per heavy atom. The number of nitrogens with two attached hydrogens (primary N) is 1. The zero-order chi connectivity index (χ0) is 13.8. The van der Waals surface area contributed by atoms with Crippen LogP contribution >= 0.6 is 0 Å². The van der Waals surface area contributed by atoms with Gasteiger partial charge in [-0.25, -0.2) is 0 Å². The summed E-state index contributed by atoms with van der Waals surface area (Å²) in [5.41, 5.74) is 5.16. The maximum absolute atomic E-state index is 12.4. The number of benzene rings is 1. The second kappa shape index (κ2) is 5.61. The quantitative estimate of drug-likeness (QED) is 0.572. The molecular weight excluding hydrogens is 247 g/mol. The van der Waals surface area contributed by atoms with Gasteiger partial charge < -0.3 is 16.4 Å². The Kier molecular flexibility index (Phi) is 4.41. The first-order valence-electron chi connectivity index (χ1n) is 5.25. The Bertz CT molecular complexity index is 432. The zero-order valence-corrected chi connectivity index (χ0v) is 9.77. The molecule has 0 aromatic heterocycles. The van der Waals surface area contributed by atoms with Crippen molar-refractivity contribution in [2.45, 2.75) is 13.1 Å². The SMILES string of the molecule is CC(=O)NCCNc1ccc(C(F)(F)F)cc1N. The fraction of sp³-hybridized carbons (Fsp3) is 0.364. The third-order valence-corrected chi connectivity index (χ3v) is 2.19. The zero-order valence-electron chi connectivity index (χ0n) is 9.77. The molecule has 0 aliphatic heterocycles. The van der Waals surface area contributed by atoms with Crippen LogP contribution in [0.5, 0.6) is 0 Å². The van der Waals surface area contributed by atoms with Crippen molar-refractivity contribution in [3.63, 3.8) is 0 Å². The second-order valence-corrected chi connectivity index (χ2v) is 3.71. The van der Waals surface area contributed by atoms with Gasteiger partial charge in [0.15, 0.2) is 0 Å². The number of nitrogens with one attached hydrogen (secondary N) is 2. The number of halogens is 3. The number of nitrogen functional groups attached to an aromatic ring is 1. The van der Waals surface area contributed by atoms with E-state index < -0.39 is 11.7 Å². The summed E-state index contributed by atoms with van der Waals surface area (Å²) in [6.07, 6.45) is -4.40. The molecule has 18 heavy (non-hydrogen) atoms. The molecule has 0 bridgehead atoms. The highest BCUT2D eigenvalue weighted by Gasteiger charge is 2.30. The molecule has 7 heteroatoms. The van der Waals surface area contributed by atoms with Gasteiger partial charge in [-0.05, 0) is 18.2 Å². The first kappa shape index (κ1) is 14.1. The van der Waals surface area contributed by atoms with E-state index in [4.69, 9.17) is 5.73 Å². The van der Waals surface area contributed by atoms with Gasteiger partial charge in [0.05, 0.1) is 16.9 Å². The van der Waals surface area contributed by atoms with Gasteiger partial charge in [0.1, 0.15) is 0 Å². The minimum absolute atomic E-state index is 0.0210. The van der Waals surface area contributed by atoms with Crippen LogP contribution in [0.3, 0.4) is 0 Å². The van der Waals surface area contributed by atoms with Crippen molar-refractivity contribution >= 4 is 17.3 Å².